The number of rotatable bonds is 6. The van der Waals surface area contributed by atoms with E-state index < -0.39 is 16.1 Å². The number of fused-ring (bicyclic) bond motifs is 1. The van der Waals surface area contributed by atoms with Crippen molar-refractivity contribution in [3.8, 4) is 0 Å². The lowest BCUT2D eigenvalue weighted by molar-refractivity contribution is -0.137. The topological polar surface area (TPSA) is 99.7 Å². The van der Waals surface area contributed by atoms with E-state index in [1.165, 1.54) is 0 Å². The molecule has 1 aromatic carbocycles. The SMILES string of the molecule is O=C(CC1CC1)N1CCN(C(=O)C2=CCC(NS(=O)(=O)c3cccc4cccnc34)C=C2)CC1. The van der Waals surface area contributed by atoms with Crippen molar-refractivity contribution in [1.29, 1.82) is 0 Å². The molecule has 1 unspecified atom stereocenters. The second-order valence-corrected chi connectivity index (χ2v) is 10.8. The van der Waals surface area contributed by atoms with Gasteiger partial charge in [-0.25, -0.2) is 13.1 Å². The maximum absolute atomic E-state index is 13.0. The van der Waals surface area contributed by atoms with Gasteiger partial charge in [0.05, 0.1) is 5.52 Å². The maximum atomic E-state index is 13.0. The fourth-order valence-corrected chi connectivity index (χ4v) is 5.84. The zero-order chi connectivity index (χ0) is 23.7. The molecule has 0 spiro atoms. The molecule has 1 saturated carbocycles. The van der Waals surface area contributed by atoms with E-state index in [9.17, 15) is 18.0 Å². The number of amides is 2. The van der Waals surface area contributed by atoms with Crippen molar-refractivity contribution < 1.29 is 18.0 Å². The Hall–Kier alpha value is -3.04. The molecule has 1 aliphatic heterocycles. The molecule has 8 nitrogen and oxygen atoms in total. The summed E-state index contributed by atoms with van der Waals surface area (Å²) in [5.41, 5.74) is 0.985. The number of aromatic nitrogens is 1. The van der Waals surface area contributed by atoms with E-state index in [4.69, 9.17) is 0 Å². The van der Waals surface area contributed by atoms with Crippen LogP contribution in [0, 0.1) is 5.92 Å². The van der Waals surface area contributed by atoms with Gasteiger partial charge in [0.1, 0.15) is 4.90 Å². The van der Waals surface area contributed by atoms with E-state index >= 15 is 0 Å². The highest BCUT2D eigenvalue weighted by Gasteiger charge is 2.30. The van der Waals surface area contributed by atoms with E-state index in [1.54, 1.807) is 47.5 Å². The molecule has 0 radical (unpaired) electrons. The molecule has 1 atom stereocenters. The van der Waals surface area contributed by atoms with Crippen LogP contribution in [0.5, 0.6) is 0 Å². The Bertz CT molecular complexity index is 1270. The van der Waals surface area contributed by atoms with Gasteiger partial charge in [0.15, 0.2) is 0 Å². The molecule has 5 rings (SSSR count). The van der Waals surface area contributed by atoms with Crippen molar-refractivity contribution >= 4 is 32.7 Å². The van der Waals surface area contributed by atoms with Crippen molar-refractivity contribution in [3.63, 3.8) is 0 Å². The van der Waals surface area contributed by atoms with Gasteiger partial charge in [0.25, 0.3) is 5.91 Å². The van der Waals surface area contributed by atoms with E-state index in [2.05, 4.69) is 9.71 Å². The summed E-state index contributed by atoms with van der Waals surface area (Å²) in [6.07, 6.45) is 10.1. The first-order valence-corrected chi connectivity index (χ1v) is 13.2. The van der Waals surface area contributed by atoms with E-state index in [0.29, 0.717) is 56.0 Å². The summed E-state index contributed by atoms with van der Waals surface area (Å²) < 4.78 is 28.8. The van der Waals surface area contributed by atoms with Gasteiger partial charge in [-0.3, -0.25) is 14.6 Å². The molecule has 1 saturated heterocycles. The number of pyridine rings is 1. The van der Waals surface area contributed by atoms with Crippen LogP contribution in [0.2, 0.25) is 0 Å². The predicted molar refractivity (Wildman–Crippen MR) is 128 cm³/mol. The van der Waals surface area contributed by atoms with Crippen molar-refractivity contribution in [2.75, 3.05) is 26.2 Å². The number of nitrogens with zero attached hydrogens (tertiary/aromatic N) is 3. The molecule has 34 heavy (non-hydrogen) atoms. The van der Waals surface area contributed by atoms with Crippen LogP contribution in [0.4, 0.5) is 0 Å². The Balaban J connectivity index is 1.18. The Kier molecular flexibility index (Phi) is 6.22. The summed E-state index contributed by atoms with van der Waals surface area (Å²) in [6.45, 7) is 2.17. The molecule has 1 aromatic heterocycles. The molecular weight excluding hydrogens is 452 g/mol. The first kappa shape index (κ1) is 22.7. The summed E-state index contributed by atoms with van der Waals surface area (Å²) in [5, 5.41) is 0.756. The molecule has 3 aliphatic rings. The van der Waals surface area contributed by atoms with Crippen LogP contribution >= 0.6 is 0 Å². The summed E-state index contributed by atoms with van der Waals surface area (Å²) in [4.78, 5) is 33.2. The third-order valence-corrected chi connectivity index (χ3v) is 8.14. The normalized spacial score (nSPS) is 20.9. The Morgan fingerprint density at radius 1 is 1.03 bits per heavy atom. The van der Waals surface area contributed by atoms with E-state index in [1.807, 2.05) is 17.0 Å². The van der Waals surface area contributed by atoms with Gasteiger partial charge in [-0.2, -0.15) is 0 Å². The minimum atomic E-state index is -3.79. The molecule has 2 amide bonds. The largest absolute Gasteiger partial charge is 0.339 e. The van der Waals surface area contributed by atoms with Crippen LogP contribution in [0.3, 0.4) is 0 Å². The van der Waals surface area contributed by atoms with Gasteiger partial charge in [-0.1, -0.05) is 36.4 Å². The number of nitrogens with one attached hydrogen (secondary N) is 1. The third-order valence-electron chi connectivity index (χ3n) is 6.62. The molecule has 2 fully saturated rings. The fourth-order valence-electron chi connectivity index (χ4n) is 4.46. The maximum Gasteiger partial charge on any atom is 0.253 e. The Morgan fingerprint density at radius 2 is 1.76 bits per heavy atom. The predicted octanol–water partition coefficient (Wildman–Crippen LogP) is 2.24. The molecular formula is C25H28N4O4S. The quantitative estimate of drug-likeness (QED) is 0.684. The summed E-state index contributed by atoms with van der Waals surface area (Å²) in [5.74, 6) is 0.680. The monoisotopic (exact) mass is 480 g/mol. The van der Waals surface area contributed by atoms with Crippen molar-refractivity contribution in [2.24, 2.45) is 5.92 Å². The number of piperazine rings is 1. The number of para-hydroxylation sites is 1. The summed E-state index contributed by atoms with van der Waals surface area (Å²) >= 11 is 0. The highest BCUT2D eigenvalue weighted by atomic mass is 32.2. The molecule has 9 heteroatoms. The van der Waals surface area contributed by atoms with E-state index in [0.717, 1.165) is 18.2 Å². The fraction of sp³-hybridized carbons (Fsp3) is 0.400. The van der Waals surface area contributed by atoms with Gasteiger partial charge in [-0.05, 0) is 37.3 Å². The zero-order valence-electron chi connectivity index (χ0n) is 18.9. The number of carbonyl (C=O) groups excluding carboxylic acids is 2. The average molecular weight is 481 g/mol. The molecule has 2 aliphatic carbocycles. The molecule has 2 aromatic rings. The van der Waals surface area contributed by atoms with Crippen molar-refractivity contribution in [3.05, 3.63) is 60.3 Å². The lowest BCUT2D eigenvalue weighted by Crippen LogP contribution is -2.51. The lowest BCUT2D eigenvalue weighted by Gasteiger charge is -2.35. The minimum Gasteiger partial charge on any atom is -0.339 e. The highest BCUT2D eigenvalue weighted by molar-refractivity contribution is 7.89. The third kappa shape index (κ3) is 4.90. The minimum absolute atomic E-state index is 0.0786. The molecule has 178 valence electrons. The standard InChI is InChI=1S/C25H28N4O4S/c30-23(17-18-6-7-18)28-13-15-29(16-14-28)25(31)20-8-10-21(11-9-20)27-34(32,33)22-5-1-3-19-4-2-12-26-24(19)22/h1-5,8-10,12,18,21,27H,6-7,11,13-17H2. The van der Waals surface area contributed by atoms with Crippen LogP contribution < -0.4 is 4.72 Å². The molecule has 0 bridgehead atoms. The van der Waals surface area contributed by atoms with Gasteiger partial charge in [0, 0.05) is 55.8 Å². The van der Waals surface area contributed by atoms with Crippen molar-refractivity contribution in [1.82, 2.24) is 19.5 Å². The number of carbonyl (C=O) groups is 2. The van der Waals surface area contributed by atoms with Crippen LogP contribution in [0.15, 0.2) is 65.2 Å². The summed E-state index contributed by atoms with van der Waals surface area (Å²) in [7, 11) is -3.79. The number of benzene rings is 1. The van der Waals surface area contributed by atoms with Gasteiger partial charge in [0.2, 0.25) is 15.9 Å². The number of sulfonamides is 1. The van der Waals surface area contributed by atoms with Crippen LogP contribution in [-0.4, -0.2) is 67.2 Å². The van der Waals surface area contributed by atoms with Gasteiger partial charge in [-0.15, -0.1) is 0 Å². The average Bonchev–Trinajstić information content (AvgIpc) is 3.67. The zero-order valence-corrected chi connectivity index (χ0v) is 19.7. The molecule has 1 N–H and O–H groups in total. The van der Waals surface area contributed by atoms with Crippen LogP contribution in [0.1, 0.15) is 25.7 Å². The Morgan fingerprint density at radius 3 is 2.47 bits per heavy atom. The lowest BCUT2D eigenvalue weighted by atomic mass is 10.0. The Labute approximate surface area is 199 Å². The van der Waals surface area contributed by atoms with Gasteiger partial charge < -0.3 is 9.80 Å². The number of hydrogen-bond donors (Lipinski definition) is 1. The number of hydrogen-bond acceptors (Lipinski definition) is 5. The van der Waals surface area contributed by atoms with Gasteiger partial charge >= 0.3 is 0 Å². The molecule has 2 heterocycles. The second kappa shape index (κ2) is 9.31. The van der Waals surface area contributed by atoms with Crippen LogP contribution in [0.25, 0.3) is 10.9 Å². The smallest absolute Gasteiger partial charge is 0.253 e. The summed E-state index contributed by atoms with van der Waals surface area (Å²) in [6, 6.07) is 8.22. The van der Waals surface area contributed by atoms with Crippen LogP contribution in [-0.2, 0) is 19.6 Å². The van der Waals surface area contributed by atoms with E-state index in [-0.39, 0.29) is 16.7 Å². The van der Waals surface area contributed by atoms with Crippen molar-refractivity contribution in [2.45, 2.75) is 36.6 Å². The second-order valence-electron chi connectivity index (χ2n) is 9.13. The first-order chi connectivity index (χ1) is 16.4. The first-order valence-electron chi connectivity index (χ1n) is 11.7. The highest BCUT2D eigenvalue weighted by Crippen LogP contribution is 2.33.